The fraction of sp³-hybridized carbons (Fsp3) is 0.167. The second-order valence-corrected chi connectivity index (χ2v) is 3.78. The lowest BCUT2D eigenvalue weighted by Gasteiger charge is -2.06. The van der Waals surface area contributed by atoms with Crippen molar-refractivity contribution >= 4 is 28.3 Å². The number of carbonyl (C=O) groups is 1. The van der Waals surface area contributed by atoms with E-state index in [1.807, 2.05) is 31.2 Å². The van der Waals surface area contributed by atoms with Crippen LogP contribution in [0, 0.1) is 6.92 Å². The van der Waals surface area contributed by atoms with Crippen LogP contribution in [0.4, 0.5) is 11.5 Å². The van der Waals surface area contributed by atoms with Gasteiger partial charge in [0, 0.05) is 18.0 Å². The Bertz CT molecular complexity index is 563. The molecule has 0 aliphatic rings. The Balaban J connectivity index is 2.57. The van der Waals surface area contributed by atoms with Gasteiger partial charge in [-0.05, 0) is 30.7 Å². The standard InChI is InChI=1S/C12H13N3O/c1-7-5-12(13)15-11-6-9(14-8(2)16)3-4-10(7)11/h3-6H,1-2H3,(H2,13,15)(H,14,16). The van der Waals surface area contributed by atoms with Crippen molar-refractivity contribution < 1.29 is 4.79 Å². The highest BCUT2D eigenvalue weighted by Crippen LogP contribution is 2.22. The third-order valence-corrected chi connectivity index (χ3v) is 2.36. The number of fused-ring (bicyclic) bond motifs is 1. The minimum atomic E-state index is -0.0972. The third kappa shape index (κ3) is 1.95. The van der Waals surface area contributed by atoms with Crippen molar-refractivity contribution in [1.82, 2.24) is 4.98 Å². The number of carbonyl (C=O) groups excluding carboxylic acids is 1. The maximum absolute atomic E-state index is 10.9. The predicted molar refractivity (Wildman–Crippen MR) is 65.2 cm³/mol. The average Bonchev–Trinajstić information content (AvgIpc) is 2.15. The number of aryl methyl sites for hydroxylation is 1. The first-order valence-corrected chi connectivity index (χ1v) is 5.01. The molecule has 2 aromatic rings. The molecule has 4 nitrogen and oxygen atoms in total. The Morgan fingerprint density at radius 2 is 2.12 bits per heavy atom. The number of benzene rings is 1. The molecule has 0 radical (unpaired) electrons. The van der Waals surface area contributed by atoms with E-state index in [2.05, 4.69) is 10.3 Å². The van der Waals surface area contributed by atoms with Crippen LogP contribution in [0.25, 0.3) is 10.9 Å². The lowest BCUT2D eigenvalue weighted by Crippen LogP contribution is -2.05. The summed E-state index contributed by atoms with van der Waals surface area (Å²) in [6.45, 7) is 3.46. The lowest BCUT2D eigenvalue weighted by molar-refractivity contribution is -0.114. The number of aromatic nitrogens is 1. The fourth-order valence-electron chi connectivity index (χ4n) is 1.71. The average molecular weight is 215 g/mol. The van der Waals surface area contributed by atoms with Gasteiger partial charge in [0.25, 0.3) is 0 Å². The van der Waals surface area contributed by atoms with E-state index < -0.39 is 0 Å². The van der Waals surface area contributed by atoms with Gasteiger partial charge in [0.15, 0.2) is 0 Å². The summed E-state index contributed by atoms with van der Waals surface area (Å²) in [5.41, 5.74) is 8.29. The van der Waals surface area contributed by atoms with Crippen LogP contribution in [0.2, 0.25) is 0 Å². The number of rotatable bonds is 1. The zero-order valence-electron chi connectivity index (χ0n) is 9.24. The van der Waals surface area contributed by atoms with E-state index in [0.29, 0.717) is 5.82 Å². The van der Waals surface area contributed by atoms with Crippen molar-refractivity contribution in [2.24, 2.45) is 0 Å². The molecule has 0 saturated heterocycles. The minimum absolute atomic E-state index is 0.0972. The first-order chi connectivity index (χ1) is 7.56. The van der Waals surface area contributed by atoms with Crippen LogP contribution in [0.1, 0.15) is 12.5 Å². The first kappa shape index (κ1) is 10.4. The summed E-state index contributed by atoms with van der Waals surface area (Å²) in [7, 11) is 0. The molecular weight excluding hydrogens is 202 g/mol. The summed E-state index contributed by atoms with van der Waals surface area (Å²) < 4.78 is 0. The summed E-state index contributed by atoms with van der Waals surface area (Å²) in [5, 5.41) is 3.76. The summed E-state index contributed by atoms with van der Waals surface area (Å²) in [6.07, 6.45) is 0. The van der Waals surface area contributed by atoms with Gasteiger partial charge in [-0.3, -0.25) is 4.79 Å². The van der Waals surface area contributed by atoms with Gasteiger partial charge in [-0.1, -0.05) is 6.07 Å². The molecule has 1 heterocycles. The Kier molecular flexibility index (Phi) is 2.48. The molecule has 82 valence electrons. The summed E-state index contributed by atoms with van der Waals surface area (Å²) in [6, 6.07) is 7.44. The van der Waals surface area contributed by atoms with Crippen molar-refractivity contribution in [3.05, 3.63) is 29.8 Å². The van der Waals surface area contributed by atoms with E-state index in [4.69, 9.17) is 5.73 Å². The molecule has 0 saturated carbocycles. The molecule has 3 N–H and O–H groups in total. The highest BCUT2D eigenvalue weighted by atomic mass is 16.1. The van der Waals surface area contributed by atoms with Crippen LogP contribution in [-0.4, -0.2) is 10.9 Å². The van der Waals surface area contributed by atoms with Gasteiger partial charge in [-0.2, -0.15) is 0 Å². The number of pyridine rings is 1. The molecule has 4 heteroatoms. The number of hydrogen-bond donors (Lipinski definition) is 2. The van der Waals surface area contributed by atoms with E-state index in [0.717, 1.165) is 22.2 Å². The third-order valence-electron chi connectivity index (χ3n) is 2.36. The van der Waals surface area contributed by atoms with Crippen LogP contribution in [0.3, 0.4) is 0 Å². The molecule has 0 aliphatic heterocycles. The number of nitrogens with two attached hydrogens (primary N) is 1. The van der Waals surface area contributed by atoms with Gasteiger partial charge in [-0.25, -0.2) is 4.98 Å². The molecule has 1 amide bonds. The monoisotopic (exact) mass is 215 g/mol. The summed E-state index contributed by atoms with van der Waals surface area (Å²) in [5.74, 6) is 0.393. The van der Waals surface area contributed by atoms with Crippen LogP contribution in [0.15, 0.2) is 24.3 Å². The molecule has 1 aromatic carbocycles. The van der Waals surface area contributed by atoms with Crippen molar-refractivity contribution in [3.63, 3.8) is 0 Å². The largest absolute Gasteiger partial charge is 0.384 e. The molecule has 0 atom stereocenters. The smallest absolute Gasteiger partial charge is 0.221 e. The highest BCUT2D eigenvalue weighted by Gasteiger charge is 2.03. The van der Waals surface area contributed by atoms with Crippen molar-refractivity contribution in [1.29, 1.82) is 0 Å². The number of nitrogens with one attached hydrogen (secondary N) is 1. The normalized spacial score (nSPS) is 10.4. The number of anilines is 2. The molecule has 1 aromatic heterocycles. The Hall–Kier alpha value is -2.10. The Labute approximate surface area is 93.5 Å². The Morgan fingerprint density at radius 3 is 2.81 bits per heavy atom. The molecular formula is C12H13N3O. The second kappa shape index (κ2) is 3.81. The molecule has 0 bridgehead atoms. The fourth-order valence-corrected chi connectivity index (χ4v) is 1.71. The SMILES string of the molecule is CC(=O)Nc1ccc2c(C)cc(N)nc2c1. The number of hydrogen-bond acceptors (Lipinski definition) is 3. The molecule has 2 rings (SSSR count). The zero-order valence-corrected chi connectivity index (χ0v) is 9.24. The van der Waals surface area contributed by atoms with Crippen LogP contribution in [0.5, 0.6) is 0 Å². The maximum atomic E-state index is 10.9. The second-order valence-electron chi connectivity index (χ2n) is 3.78. The van der Waals surface area contributed by atoms with E-state index in [1.54, 1.807) is 0 Å². The number of nitrogen functional groups attached to an aromatic ring is 1. The van der Waals surface area contributed by atoms with E-state index >= 15 is 0 Å². The van der Waals surface area contributed by atoms with Gasteiger partial charge < -0.3 is 11.1 Å². The van der Waals surface area contributed by atoms with Gasteiger partial charge >= 0.3 is 0 Å². The van der Waals surface area contributed by atoms with Crippen molar-refractivity contribution in [2.75, 3.05) is 11.1 Å². The van der Waals surface area contributed by atoms with Gasteiger partial charge in [0.05, 0.1) is 5.52 Å². The van der Waals surface area contributed by atoms with Crippen molar-refractivity contribution in [3.8, 4) is 0 Å². The van der Waals surface area contributed by atoms with E-state index in [-0.39, 0.29) is 5.91 Å². The minimum Gasteiger partial charge on any atom is -0.384 e. The number of nitrogens with zero attached hydrogens (tertiary/aromatic N) is 1. The van der Waals surface area contributed by atoms with E-state index in [9.17, 15) is 4.79 Å². The highest BCUT2D eigenvalue weighted by molar-refractivity contribution is 5.93. The topological polar surface area (TPSA) is 68.0 Å². The molecule has 16 heavy (non-hydrogen) atoms. The van der Waals surface area contributed by atoms with Crippen LogP contribution >= 0.6 is 0 Å². The maximum Gasteiger partial charge on any atom is 0.221 e. The summed E-state index contributed by atoms with van der Waals surface area (Å²) in [4.78, 5) is 15.2. The quantitative estimate of drug-likeness (QED) is 0.765. The van der Waals surface area contributed by atoms with Crippen LogP contribution < -0.4 is 11.1 Å². The first-order valence-electron chi connectivity index (χ1n) is 5.01. The molecule has 0 spiro atoms. The lowest BCUT2D eigenvalue weighted by atomic mass is 10.1. The molecule has 0 aliphatic carbocycles. The molecule has 0 fully saturated rings. The summed E-state index contributed by atoms with van der Waals surface area (Å²) >= 11 is 0. The van der Waals surface area contributed by atoms with Crippen molar-refractivity contribution in [2.45, 2.75) is 13.8 Å². The number of amides is 1. The van der Waals surface area contributed by atoms with Gasteiger partial charge in [-0.15, -0.1) is 0 Å². The molecule has 0 unspecified atom stereocenters. The van der Waals surface area contributed by atoms with E-state index in [1.165, 1.54) is 6.92 Å². The Morgan fingerprint density at radius 1 is 1.38 bits per heavy atom. The predicted octanol–water partition coefficient (Wildman–Crippen LogP) is 2.08. The van der Waals surface area contributed by atoms with Gasteiger partial charge in [0.2, 0.25) is 5.91 Å². The zero-order chi connectivity index (χ0) is 11.7. The van der Waals surface area contributed by atoms with Gasteiger partial charge in [0.1, 0.15) is 5.82 Å². The van der Waals surface area contributed by atoms with Crippen LogP contribution in [-0.2, 0) is 4.79 Å².